The summed E-state index contributed by atoms with van der Waals surface area (Å²) in [5.41, 5.74) is 3.44. The molecule has 0 saturated heterocycles. The third kappa shape index (κ3) is 5.73. The van der Waals surface area contributed by atoms with Crippen LogP contribution in [-0.4, -0.2) is 32.2 Å². The summed E-state index contributed by atoms with van der Waals surface area (Å²) in [6, 6.07) is 15.2. The molecule has 1 aromatic heterocycles. The van der Waals surface area contributed by atoms with E-state index in [0.29, 0.717) is 23.0 Å². The molecule has 1 N–H and O–H groups in total. The molecule has 0 spiro atoms. The molecule has 0 aliphatic carbocycles. The molecular formula is C25H28N4O2S. The smallest absolute Gasteiger partial charge is 0.234 e. The number of anilines is 1. The number of allylic oxidation sites excluding steroid dienone is 1. The average Bonchev–Trinajstić information content (AvgIpc) is 3.15. The number of aromatic nitrogens is 3. The van der Waals surface area contributed by atoms with Gasteiger partial charge in [0.15, 0.2) is 16.8 Å². The van der Waals surface area contributed by atoms with Crippen LogP contribution in [0.1, 0.15) is 43.6 Å². The van der Waals surface area contributed by atoms with Gasteiger partial charge in [0.1, 0.15) is 0 Å². The van der Waals surface area contributed by atoms with Crippen LogP contribution in [0.3, 0.4) is 0 Å². The number of benzene rings is 2. The van der Waals surface area contributed by atoms with Crippen LogP contribution in [0.4, 0.5) is 5.69 Å². The Hall–Kier alpha value is -3.19. The van der Waals surface area contributed by atoms with Crippen molar-refractivity contribution in [3.05, 3.63) is 72.3 Å². The lowest BCUT2D eigenvalue weighted by atomic mass is 9.87. The summed E-state index contributed by atoms with van der Waals surface area (Å²) < 4.78 is 1.95. The normalized spacial score (nSPS) is 11.2. The maximum atomic E-state index is 12.4. The number of carbonyl (C=O) groups is 2. The molecule has 0 saturated carbocycles. The topological polar surface area (TPSA) is 76.9 Å². The lowest BCUT2D eigenvalue weighted by Gasteiger charge is -2.19. The number of hydrogen-bond donors (Lipinski definition) is 1. The van der Waals surface area contributed by atoms with E-state index in [0.717, 1.165) is 11.4 Å². The molecule has 6 nitrogen and oxygen atoms in total. The van der Waals surface area contributed by atoms with Crippen molar-refractivity contribution in [2.75, 3.05) is 11.1 Å². The summed E-state index contributed by atoms with van der Waals surface area (Å²) in [6.07, 6.45) is 1.79. The fourth-order valence-corrected chi connectivity index (χ4v) is 3.91. The molecule has 0 fully saturated rings. The number of amides is 1. The van der Waals surface area contributed by atoms with Gasteiger partial charge in [-0.1, -0.05) is 75.0 Å². The van der Waals surface area contributed by atoms with Gasteiger partial charge < -0.3 is 5.32 Å². The highest BCUT2D eigenvalue weighted by molar-refractivity contribution is 7.99. The van der Waals surface area contributed by atoms with Crippen molar-refractivity contribution in [3.8, 4) is 11.4 Å². The number of Topliss-reactive ketones (excluding diaryl/α,β-unsaturated/α-hetero) is 1. The van der Waals surface area contributed by atoms with Crippen molar-refractivity contribution in [3.63, 3.8) is 0 Å². The minimum atomic E-state index is -0.181. The average molecular weight is 449 g/mol. The van der Waals surface area contributed by atoms with Crippen LogP contribution in [-0.2, 0) is 16.8 Å². The molecule has 1 heterocycles. The zero-order valence-electron chi connectivity index (χ0n) is 18.9. The molecule has 7 heteroatoms. The standard InChI is InChI=1S/C25H28N4O2S/c1-6-14-29-23(18-10-12-20(13-11-18)25(3,4)5)27-28-24(29)32-16-22(31)26-21-9-7-8-19(15-21)17(2)30/h6-13,15H,1,14,16H2,2-5H3,(H,26,31). The van der Waals surface area contributed by atoms with E-state index in [1.165, 1.54) is 24.2 Å². The van der Waals surface area contributed by atoms with Gasteiger partial charge in [-0.15, -0.1) is 16.8 Å². The zero-order valence-corrected chi connectivity index (χ0v) is 19.7. The number of nitrogens with zero attached hydrogens (tertiary/aromatic N) is 3. The summed E-state index contributed by atoms with van der Waals surface area (Å²) >= 11 is 1.31. The third-order valence-electron chi connectivity index (χ3n) is 4.92. The highest BCUT2D eigenvalue weighted by Crippen LogP contribution is 2.28. The molecule has 0 unspecified atom stereocenters. The van der Waals surface area contributed by atoms with Crippen molar-refractivity contribution < 1.29 is 9.59 Å². The number of thioether (sulfide) groups is 1. The highest BCUT2D eigenvalue weighted by Gasteiger charge is 2.17. The molecule has 0 atom stereocenters. The van der Waals surface area contributed by atoms with Crippen LogP contribution in [0.25, 0.3) is 11.4 Å². The Morgan fingerprint density at radius 2 is 1.84 bits per heavy atom. The van der Waals surface area contributed by atoms with Gasteiger partial charge in [-0.2, -0.15) is 0 Å². The van der Waals surface area contributed by atoms with Crippen molar-refractivity contribution in [2.24, 2.45) is 0 Å². The second-order valence-electron chi connectivity index (χ2n) is 8.51. The number of nitrogens with one attached hydrogen (secondary N) is 1. The van der Waals surface area contributed by atoms with Crippen LogP contribution in [0.2, 0.25) is 0 Å². The van der Waals surface area contributed by atoms with E-state index in [4.69, 9.17) is 0 Å². The largest absolute Gasteiger partial charge is 0.325 e. The molecule has 3 aromatic rings. The molecule has 3 rings (SSSR count). The molecule has 0 aliphatic rings. The molecule has 1 amide bonds. The molecule has 0 radical (unpaired) electrons. The number of hydrogen-bond acceptors (Lipinski definition) is 5. The maximum Gasteiger partial charge on any atom is 0.234 e. The van der Waals surface area contributed by atoms with E-state index in [2.05, 4.69) is 55.0 Å². The monoisotopic (exact) mass is 448 g/mol. The third-order valence-corrected chi connectivity index (χ3v) is 5.89. The predicted octanol–water partition coefficient (Wildman–Crippen LogP) is 5.36. The lowest BCUT2D eigenvalue weighted by molar-refractivity contribution is -0.113. The van der Waals surface area contributed by atoms with Crippen LogP contribution >= 0.6 is 11.8 Å². The Morgan fingerprint density at radius 1 is 1.12 bits per heavy atom. The molecule has 2 aromatic carbocycles. The number of rotatable bonds is 8. The van der Waals surface area contributed by atoms with Gasteiger partial charge in [-0.3, -0.25) is 14.2 Å². The Bertz CT molecular complexity index is 1130. The Morgan fingerprint density at radius 3 is 2.47 bits per heavy atom. The Balaban J connectivity index is 1.73. The minimum absolute atomic E-state index is 0.0453. The van der Waals surface area contributed by atoms with Crippen LogP contribution in [0, 0.1) is 0 Å². The van der Waals surface area contributed by atoms with Crippen LogP contribution in [0.5, 0.6) is 0 Å². The van der Waals surface area contributed by atoms with Crippen molar-refractivity contribution >= 4 is 29.1 Å². The summed E-state index contributed by atoms with van der Waals surface area (Å²) in [7, 11) is 0. The summed E-state index contributed by atoms with van der Waals surface area (Å²) in [5.74, 6) is 0.682. The molecule has 32 heavy (non-hydrogen) atoms. The van der Waals surface area contributed by atoms with Crippen molar-refractivity contribution in [1.82, 2.24) is 14.8 Å². The Kier molecular flexibility index (Phi) is 7.30. The second kappa shape index (κ2) is 9.96. The first-order valence-electron chi connectivity index (χ1n) is 10.4. The van der Waals surface area contributed by atoms with E-state index >= 15 is 0 Å². The fourth-order valence-electron chi connectivity index (χ4n) is 3.17. The molecule has 166 valence electrons. The van der Waals surface area contributed by atoms with Gasteiger partial charge in [-0.25, -0.2) is 0 Å². The summed E-state index contributed by atoms with van der Waals surface area (Å²) in [6.45, 7) is 12.4. The van der Waals surface area contributed by atoms with E-state index in [1.54, 1.807) is 30.3 Å². The quantitative estimate of drug-likeness (QED) is 0.285. The van der Waals surface area contributed by atoms with Gasteiger partial charge in [0.05, 0.1) is 5.75 Å². The lowest BCUT2D eigenvalue weighted by Crippen LogP contribution is -2.15. The van der Waals surface area contributed by atoms with Gasteiger partial charge in [-0.05, 0) is 30.0 Å². The first kappa shape index (κ1) is 23.5. The first-order chi connectivity index (χ1) is 15.2. The molecule has 0 aliphatic heterocycles. The number of carbonyl (C=O) groups excluding carboxylic acids is 2. The van der Waals surface area contributed by atoms with E-state index in [9.17, 15) is 9.59 Å². The van der Waals surface area contributed by atoms with Gasteiger partial charge in [0, 0.05) is 23.4 Å². The maximum absolute atomic E-state index is 12.4. The van der Waals surface area contributed by atoms with Gasteiger partial charge in [0.2, 0.25) is 5.91 Å². The van der Waals surface area contributed by atoms with Crippen LogP contribution in [0.15, 0.2) is 66.3 Å². The highest BCUT2D eigenvalue weighted by atomic mass is 32.2. The van der Waals surface area contributed by atoms with Crippen molar-refractivity contribution in [2.45, 2.75) is 44.8 Å². The van der Waals surface area contributed by atoms with Crippen molar-refractivity contribution in [1.29, 1.82) is 0 Å². The fraction of sp³-hybridized carbons (Fsp3) is 0.280. The van der Waals surface area contributed by atoms with Gasteiger partial charge >= 0.3 is 0 Å². The molecule has 0 bridgehead atoms. The van der Waals surface area contributed by atoms with Gasteiger partial charge in [0.25, 0.3) is 0 Å². The van der Waals surface area contributed by atoms with E-state index in [1.807, 2.05) is 16.7 Å². The van der Waals surface area contributed by atoms with Crippen LogP contribution < -0.4 is 5.32 Å². The SMILES string of the molecule is C=CCn1c(SCC(=O)Nc2cccc(C(C)=O)c2)nnc1-c1ccc(C(C)(C)C)cc1. The zero-order chi connectivity index (χ0) is 23.3. The minimum Gasteiger partial charge on any atom is -0.325 e. The number of ketones is 1. The summed E-state index contributed by atoms with van der Waals surface area (Å²) in [5, 5.41) is 12.1. The molecular weight excluding hydrogens is 420 g/mol. The predicted molar refractivity (Wildman–Crippen MR) is 130 cm³/mol. The van der Waals surface area contributed by atoms with E-state index < -0.39 is 0 Å². The first-order valence-corrected chi connectivity index (χ1v) is 11.4. The Labute approximate surface area is 193 Å². The second-order valence-corrected chi connectivity index (χ2v) is 9.45. The summed E-state index contributed by atoms with van der Waals surface area (Å²) in [4.78, 5) is 24.0. The van der Waals surface area contributed by atoms with E-state index in [-0.39, 0.29) is 22.9 Å².